The fourth-order valence-corrected chi connectivity index (χ4v) is 5.62. The Hall–Kier alpha value is -4.57. The van der Waals surface area contributed by atoms with E-state index in [1.54, 1.807) is 23.6 Å². The van der Waals surface area contributed by atoms with E-state index in [0.29, 0.717) is 35.1 Å². The van der Waals surface area contributed by atoms with Gasteiger partial charge >= 0.3 is 0 Å². The van der Waals surface area contributed by atoms with E-state index in [0.717, 1.165) is 41.8 Å². The zero-order chi connectivity index (χ0) is 25.6. The number of pyridine rings is 3. The van der Waals surface area contributed by atoms with Gasteiger partial charge in [0.1, 0.15) is 17.3 Å². The number of aliphatic hydroxyl groups excluding tert-OH is 1. The highest BCUT2D eigenvalue weighted by Gasteiger charge is 2.32. The van der Waals surface area contributed by atoms with Gasteiger partial charge in [-0.05, 0) is 67.6 Å². The monoisotopic (exact) mass is 506 g/mol. The molecule has 6 heterocycles. The van der Waals surface area contributed by atoms with Crippen LogP contribution in [-0.2, 0) is 26.0 Å². The normalized spacial score (nSPS) is 15.0. The molecule has 1 aliphatic carbocycles. The van der Waals surface area contributed by atoms with Crippen molar-refractivity contribution in [1.82, 2.24) is 29.5 Å². The van der Waals surface area contributed by atoms with Gasteiger partial charge < -0.3 is 20.0 Å². The predicted molar refractivity (Wildman–Crippen MR) is 143 cm³/mol. The smallest absolute Gasteiger partial charge is 0.276 e. The van der Waals surface area contributed by atoms with Gasteiger partial charge in [-0.25, -0.2) is 15.0 Å². The first-order valence-electron chi connectivity index (χ1n) is 12.8. The van der Waals surface area contributed by atoms with Crippen LogP contribution in [-0.4, -0.2) is 47.0 Å². The summed E-state index contributed by atoms with van der Waals surface area (Å²) in [4.78, 5) is 36.2. The molecule has 10 nitrogen and oxygen atoms in total. The van der Waals surface area contributed by atoms with Gasteiger partial charge in [0.05, 0.1) is 36.0 Å². The van der Waals surface area contributed by atoms with E-state index in [9.17, 15) is 9.90 Å². The van der Waals surface area contributed by atoms with Crippen molar-refractivity contribution in [3.63, 3.8) is 0 Å². The van der Waals surface area contributed by atoms with Crippen molar-refractivity contribution in [2.45, 2.75) is 38.8 Å². The molecular weight excluding hydrogens is 480 g/mol. The fourth-order valence-electron chi connectivity index (χ4n) is 5.62. The van der Waals surface area contributed by atoms with Crippen LogP contribution in [0.15, 0.2) is 55.1 Å². The first-order chi connectivity index (χ1) is 18.7. The molecule has 190 valence electrons. The molecule has 0 spiro atoms. The molecule has 7 rings (SSSR count). The molecule has 0 bridgehead atoms. The summed E-state index contributed by atoms with van der Waals surface area (Å²) >= 11 is 0. The lowest BCUT2D eigenvalue weighted by Crippen LogP contribution is -2.41. The molecule has 0 fully saturated rings. The van der Waals surface area contributed by atoms with Gasteiger partial charge in [-0.15, -0.1) is 0 Å². The van der Waals surface area contributed by atoms with Gasteiger partial charge in [-0.3, -0.25) is 14.7 Å². The Bertz CT molecular complexity index is 1670. The van der Waals surface area contributed by atoms with Gasteiger partial charge in [0.25, 0.3) is 5.91 Å². The minimum Gasteiger partial charge on any atom is -0.392 e. The molecule has 2 aliphatic rings. The van der Waals surface area contributed by atoms with Gasteiger partial charge in [0.2, 0.25) is 0 Å². The number of hydrogen-bond acceptors (Lipinski definition) is 7. The number of anilines is 3. The largest absolute Gasteiger partial charge is 0.392 e. The highest BCUT2D eigenvalue weighted by molar-refractivity contribution is 6.06. The third-order valence-electron chi connectivity index (χ3n) is 7.46. The SMILES string of the molecule is O=C1c2cc3c(n2CCN1c1nccc(-c2ccc(Nc4ccc5[nH]cnc5n4)cn2)c1CO)CCCC3. The summed E-state index contributed by atoms with van der Waals surface area (Å²) in [5, 5.41) is 13.6. The molecule has 5 aromatic heterocycles. The average molecular weight is 507 g/mol. The Morgan fingerprint density at radius 2 is 1.95 bits per heavy atom. The second kappa shape index (κ2) is 9.07. The number of aliphatic hydroxyl groups is 1. The number of amides is 1. The molecular formula is C28H26N8O2. The molecule has 5 aromatic rings. The van der Waals surface area contributed by atoms with E-state index in [4.69, 9.17) is 0 Å². The number of aryl methyl sites for hydroxylation is 1. The number of hydrogen-bond donors (Lipinski definition) is 3. The van der Waals surface area contributed by atoms with Crippen molar-refractivity contribution in [3.8, 4) is 11.3 Å². The van der Waals surface area contributed by atoms with E-state index in [1.807, 2.05) is 30.3 Å². The van der Waals surface area contributed by atoms with Crippen molar-refractivity contribution < 1.29 is 9.90 Å². The maximum absolute atomic E-state index is 13.6. The van der Waals surface area contributed by atoms with E-state index in [-0.39, 0.29) is 12.5 Å². The van der Waals surface area contributed by atoms with Crippen molar-refractivity contribution in [2.24, 2.45) is 0 Å². The molecule has 0 saturated carbocycles. The summed E-state index contributed by atoms with van der Waals surface area (Å²) in [5.74, 6) is 1.08. The van der Waals surface area contributed by atoms with Crippen molar-refractivity contribution in [3.05, 3.63) is 77.6 Å². The maximum Gasteiger partial charge on any atom is 0.276 e. The van der Waals surface area contributed by atoms with Crippen LogP contribution in [0.25, 0.3) is 22.4 Å². The standard InChI is InChI=1S/C28H26N8O2/c37-15-20-19(21-6-5-18(14-30-21)33-25-8-7-22-26(34-25)32-16-31-22)9-10-29-27(20)36-12-11-35-23-4-2-1-3-17(23)13-24(35)28(36)38/h5-10,13-14,16,37H,1-4,11-12,15H2,(H2,31,32,33,34). The quantitative estimate of drug-likeness (QED) is 0.329. The maximum atomic E-state index is 13.6. The Kier molecular flexibility index (Phi) is 5.40. The number of aromatic nitrogens is 6. The summed E-state index contributed by atoms with van der Waals surface area (Å²) in [6, 6.07) is 11.5. The van der Waals surface area contributed by atoms with E-state index < -0.39 is 0 Å². The number of aromatic amines is 1. The first-order valence-corrected chi connectivity index (χ1v) is 12.8. The molecule has 10 heteroatoms. The van der Waals surface area contributed by atoms with Gasteiger partial charge in [0, 0.05) is 36.1 Å². The van der Waals surface area contributed by atoms with Crippen LogP contribution >= 0.6 is 0 Å². The van der Waals surface area contributed by atoms with Crippen LogP contribution in [0.5, 0.6) is 0 Å². The molecule has 38 heavy (non-hydrogen) atoms. The van der Waals surface area contributed by atoms with Crippen molar-refractivity contribution in [1.29, 1.82) is 0 Å². The summed E-state index contributed by atoms with van der Waals surface area (Å²) in [5.41, 5.74) is 7.61. The lowest BCUT2D eigenvalue weighted by molar-refractivity contribution is 0.0963. The van der Waals surface area contributed by atoms with Crippen LogP contribution < -0.4 is 10.2 Å². The Balaban J connectivity index is 1.17. The topological polar surface area (TPSA) is 125 Å². The molecule has 0 aromatic carbocycles. The van der Waals surface area contributed by atoms with E-state index in [2.05, 4.69) is 40.9 Å². The lowest BCUT2D eigenvalue weighted by Gasteiger charge is -2.30. The highest BCUT2D eigenvalue weighted by atomic mass is 16.3. The molecule has 1 amide bonds. The molecule has 0 unspecified atom stereocenters. The van der Waals surface area contributed by atoms with Gasteiger partial charge in [0.15, 0.2) is 5.65 Å². The highest BCUT2D eigenvalue weighted by Crippen LogP contribution is 2.34. The minimum absolute atomic E-state index is 0.0705. The zero-order valence-electron chi connectivity index (χ0n) is 20.7. The summed E-state index contributed by atoms with van der Waals surface area (Å²) < 4.78 is 2.18. The number of nitrogens with zero attached hydrogens (tertiary/aromatic N) is 6. The van der Waals surface area contributed by atoms with Gasteiger partial charge in [-0.1, -0.05) is 0 Å². The van der Waals surface area contributed by atoms with E-state index in [1.165, 1.54) is 24.1 Å². The second-order valence-electron chi connectivity index (χ2n) is 9.66. The van der Waals surface area contributed by atoms with Crippen LogP contribution in [0.1, 0.15) is 40.2 Å². The zero-order valence-corrected chi connectivity index (χ0v) is 20.7. The predicted octanol–water partition coefficient (Wildman–Crippen LogP) is 3.99. The number of carbonyl (C=O) groups excluding carboxylic acids is 1. The molecule has 0 atom stereocenters. The first kappa shape index (κ1) is 22.6. The van der Waals surface area contributed by atoms with Crippen LogP contribution in [0.3, 0.4) is 0 Å². The molecule has 3 N–H and O–H groups in total. The summed E-state index contributed by atoms with van der Waals surface area (Å²) in [6.07, 6.45) is 9.41. The van der Waals surface area contributed by atoms with Crippen LogP contribution in [0.4, 0.5) is 17.3 Å². The minimum atomic E-state index is -0.255. The number of fused-ring (bicyclic) bond motifs is 4. The Morgan fingerprint density at radius 1 is 1.03 bits per heavy atom. The van der Waals surface area contributed by atoms with Crippen LogP contribution in [0, 0.1) is 0 Å². The van der Waals surface area contributed by atoms with Crippen LogP contribution in [0.2, 0.25) is 0 Å². The lowest BCUT2D eigenvalue weighted by atomic mass is 9.98. The van der Waals surface area contributed by atoms with Gasteiger partial charge in [-0.2, -0.15) is 0 Å². The third kappa shape index (κ3) is 3.72. The Labute approximate surface area is 218 Å². The number of rotatable bonds is 5. The summed E-state index contributed by atoms with van der Waals surface area (Å²) in [7, 11) is 0. The average Bonchev–Trinajstić information content (AvgIpc) is 3.58. The van der Waals surface area contributed by atoms with E-state index >= 15 is 0 Å². The second-order valence-corrected chi connectivity index (χ2v) is 9.66. The molecule has 0 radical (unpaired) electrons. The number of imidazole rings is 1. The number of nitrogens with one attached hydrogen (secondary N) is 2. The third-order valence-corrected chi connectivity index (χ3v) is 7.46. The summed E-state index contributed by atoms with van der Waals surface area (Å²) in [6.45, 7) is 0.985. The van der Waals surface area contributed by atoms with Crippen molar-refractivity contribution >= 4 is 34.4 Å². The number of H-pyrrole nitrogens is 1. The molecule has 1 aliphatic heterocycles. The Morgan fingerprint density at radius 3 is 2.82 bits per heavy atom. The number of carbonyl (C=O) groups is 1. The fraction of sp³-hybridized carbons (Fsp3) is 0.250. The van der Waals surface area contributed by atoms with Crippen molar-refractivity contribution in [2.75, 3.05) is 16.8 Å². The molecule has 0 saturated heterocycles.